The summed E-state index contributed by atoms with van der Waals surface area (Å²) < 4.78 is 97.4. The van der Waals surface area contributed by atoms with Gasteiger partial charge in [-0.3, -0.25) is 0 Å². The monoisotopic (exact) mass is 1050 g/mol. The second-order valence-electron chi connectivity index (χ2n) is 19.0. The number of hydrogen-bond donors (Lipinski definition) is 0. The molecule has 80 heavy (non-hydrogen) atoms. The highest BCUT2D eigenvalue weighted by Gasteiger charge is 2.42. The Kier molecular flexibility index (Phi) is 11.9. The summed E-state index contributed by atoms with van der Waals surface area (Å²) in [5.74, 6) is 0. The molecule has 0 amide bonds. The summed E-state index contributed by atoms with van der Waals surface area (Å²) in [5, 5.41) is 33.3. The highest BCUT2D eigenvalue weighted by Crippen LogP contribution is 2.50. The van der Waals surface area contributed by atoms with Crippen molar-refractivity contribution in [2.45, 2.75) is 12.4 Å². The van der Waals surface area contributed by atoms with Gasteiger partial charge in [0.25, 0.3) is 0 Å². The molecule has 7 nitrogen and oxygen atoms in total. The van der Waals surface area contributed by atoms with Crippen LogP contribution in [0.3, 0.4) is 0 Å². The number of halogens is 6. The van der Waals surface area contributed by atoms with Gasteiger partial charge in [-0.25, -0.2) is 9.69 Å². The van der Waals surface area contributed by atoms with Crippen LogP contribution in [0.2, 0.25) is 0 Å². The highest BCUT2D eigenvalue weighted by atomic mass is 19.4. The molecule has 0 radical (unpaired) electrons. The van der Waals surface area contributed by atoms with E-state index in [9.17, 15) is 15.8 Å². The minimum absolute atomic E-state index is 0.0132. The fourth-order valence-electron chi connectivity index (χ4n) is 10.9. The SMILES string of the molecule is [C-]#[N+]c1cccc(-c2ccc3c(c2)c2cc(-c4cccc(C#N)c4)ccc2n3-c2cc(-c3c(C(F)(F)F)cccc3C(F)(F)F)c(-n3c4ccc(-c5cccc(C#N)c5)cc4c4cc(-c5cccc([N+]#[C-])c5)ccc43)cc2C#N)c1. The van der Waals surface area contributed by atoms with E-state index in [1.807, 2.05) is 48.5 Å². The van der Waals surface area contributed by atoms with Crippen LogP contribution >= 0.6 is 0 Å². The van der Waals surface area contributed by atoms with Crippen LogP contribution in [0.25, 0.3) is 120 Å². The molecule has 0 aliphatic carbocycles. The van der Waals surface area contributed by atoms with Crippen molar-refractivity contribution in [3.05, 3.63) is 251 Å². The summed E-state index contributed by atoms with van der Waals surface area (Å²) >= 11 is 0. The van der Waals surface area contributed by atoms with Gasteiger partial charge in [0.2, 0.25) is 0 Å². The van der Waals surface area contributed by atoms with Gasteiger partial charge in [-0.15, -0.1) is 0 Å². The predicted molar refractivity (Wildman–Crippen MR) is 299 cm³/mol. The van der Waals surface area contributed by atoms with Crippen molar-refractivity contribution >= 4 is 55.0 Å². The van der Waals surface area contributed by atoms with Gasteiger partial charge >= 0.3 is 12.4 Å². The summed E-state index contributed by atoms with van der Waals surface area (Å²) in [7, 11) is 0. The second-order valence-corrected chi connectivity index (χ2v) is 19.0. The van der Waals surface area contributed by atoms with Gasteiger partial charge in [0.1, 0.15) is 6.07 Å². The fourth-order valence-corrected chi connectivity index (χ4v) is 10.9. The zero-order valence-corrected chi connectivity index (χ0v) is 41.5. The lowest BCUT2D eigenvalue weighted by Crippen LogP contribution is -2.15. The number of aromatic nitrogens is 2. The molecule has 0 aliphatic rings. The third kappa shape index (κ3) is 8.48. The van der Waals surface area contributed by atoms with Crippen molar-refractivity contribution in [3.8, 4) is 85.2 Å². The van der Waals surface area contributed by atoms with Gasteiger partial charge in [0.15, 0.2) is 11.4 Å². The lowest BCUT2D eigenvalue weighted by molar-refractivity contribution is -0.142. The zero-order chi connectivity index (χ0) is 55.6. The lowest BCUT2D eigenvalue weighted by atomic mass is 9.90. The number of hydrogen-bond acceptors (Lipinski definition) is 3. The Hall–Kier alpha value is -11.2. The van der Waals surface area contributed by atoms with Crippen LogP contribution in [-0.2, 0) is 12.4 Å². The standard InChI is InChI=1S/C67H33F6N7/c1-77-50-14-5-12-43(28-50)47-20-23-60-53(32-47)52-30-45(41-10-3-8-39(26-41)36-74)18-22-59(52)79(60)63-35-56(65-57(66(68,69)70)16-7-17-58(65)67(71,72)73)64(34-49(63)38-76)80-61-24-19-46(42-11-4-9-40(27-42)37-75)31-54(61)55-33-48(21-25-62(55)80)44-13-6-15-51(29-44)78-2/h3-35H. The maximum atomic E-state index is 15.7. The number of nitriles is 3. The molecule has 13 heteroatoms. The molecule has 12 aromatic rings. The molecule has 0 aliphatic heterocycles. The van der Waals surface area contributed by atoms with Crippen LogP contribution in [-0.4, -0.2) is 9.13 Å². The van der Waals surface area contributed by atoms with Crippen LogP contribution in [0.4, 0.5) is 37.7 Å². The molecule has 0 saturated carbocycles. The molecule has 0 bridgehead atoms. The van der Waals surface area contributed by atoms with E-state index in [0.29, 0.717) is 123 Å². The summed E-state index contributed by atoms with van der Waals surface area (Å²) in [4.78, 5) is 7.20. The summed E-state index contributed by atoms with van der Waals surface area (Å²) in [5.41, 5.74) is 3.79. The largest absolute Gasteiger partial charge is 0.417 e. The van der Waals surface area contributed by atoms with E-state index >= 15 is 26.3 Å². The number of fused-ring (bicyclic) bond motifs is 6. The lowest BCUT2D eigenvalue weighted by Gasteiger charge is -2.24. The molecule has 12 rings (SSSR count). The number of alkyl halides is 6. The van der Waals surface area contributed by atoms with E-state index in [0.717, 1.165) is 6.07 Å². The van der Waals surface area contributed by atoms with Crippen molar-refractivity contribution in [1.29, 1.82) is 15.8 Å². The van der Waals surface area contributed by atoms with E-state index in [4.69, 9.17) is 13.1 Å². The van der Waals surface area contributed by atoms with Gasteiger partial charge in [-0.1, -0.05) is 91.0 Å². The van der Waals surface area contributed by atoms with Crippen LogP contribution in [0.1, 0.15) is 27.8 Å². The highest BCUT2D eigenvalue weighted by molar-refractivity contribution is 6.14. The van der Waals surface area contributed by atoms with E-state index < -0.39 is 34.6 Å². The van der Waals surface area contributed by atoms with E-state index in [-0.39, 0.29) is 16.9 Å². The third-order valence-corrected chi connectivity index (χ3v) is 14.5. The maximum absolute atomic E-state index is 15.7. The van der Waals surface area contributed by atoms with Crippen LogP contribution in [0, 0.1) is 47.1 Å². The number of benzene rings is 10. The first-order valence-electron chi connectivity index (χ1n) is 24.7. The van der Waals surface area contributed by atoms with Crippen molar-refractivity contribution in [1.82, 2.24) is 9.13 Å². The molecule has 378 valence electrons. The quantitative estimate of drug-likeness (QED) is 0.118. The number of nitrogens with zero attached hydrogens (tertiary/aromatic N) is 7. The zero-order valence-electron chi connectivity index (χ0n) is 41.5. The molecule has 0 saturated heterocycles. The van der Waals surface area contributed by atoms with Gasteiger partial charge in [-0.2, -0.15) is 42.1 Å². The second kappa shape index (κ2) is 19.1. The molecule has 10 aromatic carbocycles. The van der Waals surface area contributed by atoms with Crippen molar-refractivity contribution in [2.24, 2.45) is 0 Å². The average Bonchev–Trinajstić information content (AvgIpc) is 4.09. The summed E-state index contributed by atoms with van der Waals surface area (Å²) in [6.07, 6.45) is -10.6. The Labute approximate surface area is 452 Å². The first-order chi connectivity index (χ1) is 38.7. The molecule has 2 aromatic heterocycles. The van der Waals surface area contributed by atoms with Crippen molar-refractivity contribution < 1.29 is 26.3 Å². The molecular weight excluding hydrogens is 1020 g/mol. The minimum Gasteiger partial charge on any atom is -0.309 e. The third-order valence-electron chi connectivity index (χ3n) is 14.5. The smallest absolute Gasteiger partial charge is 0.309 e. The normalized spacial score (nSPS) is 11.6. The predicted octanol–water partition coefficient (Wildman–Crippen LogP) is 19.0. The molecule has 0 unspecified atom stereocenters. The van der Waals surface area contributed by atoms with Gasteiger partial charge in [0.05, 0.1) is 86.5 Å². The fraction of sp³-hybridized carbons (Fsp3) is 0.0299. The molecule has 0 spiro atoms. The van der Waals surface area contributed by atoms with E-state index in [1.54, 1.807) is 130 Å². The maximum Gasteiger partial charge on any atom is 0.417 e. The molecule has 0 fully saturated rings. The van der Waals surface area contributed by atoms with Crippen molar-refractivity contribution in [2.75, 3.05) is 0 Å². The summed E-state index contributed by atoms with van der Waals surface area (Å²) in [6, 6.07) is 60.6. The molecular formula is C67H33F6N7. The first-order valence-corrected chi connectivity index (χ1v) is 24.7. The topological polar surface area (TPSA) is 89.9 Å². The Morgan fingerprint density at radius 3 is 1.07 bits per heavy atom. The average molecular weight is 1050 g/mol. The van der Waals surface area contributed by atoms with Crippen LogP contribution < -0.4 is 0 Å². The molecule has 0 atom stereocenters. The van der Waals surface area contributed by atoms with Gasteiger partial charge in [0, 0.05) is 32.7 Å². The Morgan fingerprint density at radius 2 is 0.713 bits per heavy atom. The minimum atomic E-state index is -5.31. The molecule has 0 N–H and O–H groups in total. The Bertz CT molecular complexity index is 4570. The Morgan fingerprint density at radius 1 is 0.362 bits per heavy atom. The van der Waals surface area contributed by atoms with Crippen molar-refractivity contribution in [3.63, 3.8) is 0 Å². The number of rotatable bonds is 7. The summed E-state index contributed by atoms with van der Waals surface area (Å²) in [6.45, 7) is 15.3. The van der Waals surface area contributed by atoms with Gasteiger partial charge in [-0.05, 0) is 154 Å². The van der Waals surface area contributed by atoms with E-state index in [1.165, 1.54) is 12.1 Å². The van der Waals surface area contributed by atoms with E-state index in [2.05, 4.69) is 27.9 Å². The van der Waals surface area contributed by atoms with Crippen LogP contribution in [0.15, 0.2) is 200 Å². The Balaban J connectivity index is 1.21. The van der Waals surface area contributed by atoms with Crippen LogP contribution in [0.5, 0.6) is 0 Å². The molecule has 2 heterocycles. The first kappa shape index (κ1) is 49.7. The van der Waals surface area contributed by atoms with Gasteiger partial charge < -0.3 is 9.13 Å².